The number of aliphatic carboxylic acids is 1. The Morgan fingerprint density at radius 3 is 2.40 bits per heavy atom. The topological polar surface area (TPSA) is 104 Å². The van der Waals surface area contributed by atoms with E-state index in [9.17, 15) is 19.2 Å². The number of unbranched alkanes of at least 4 members (excludes halogenated alkanes) is 1. The fourth-order valence-corrected chi connectivity index (χ4v) is 2.58. The SMILES string of the molecule is CCCCN1C(=O)c2ccc(C(=O)NC(C)C(C)C(=O)O)cc2C1=O. The van der Waals surface area contributed by atoms with Crippen LogP contribution >= 0.6 is 0 Å². The third kappa shape index (κ3) is 3.70. The molecule has 1 aliphatic heterocycles. The lowest BCUT2D eigenvalue weighted by Crippen LogP contribution is -2.40. The molecule has 0 bridgehead atoms. The number of imide groups is 1. The zero-order valence-electron chi connectivity index (χ0n) is 14.5. The van der Waals surface area contributed by atoms with Gasteiger partial charge in [-0.15, -0.1) is 0 Å². The second kappa shape index (κ2) is 7.46. The normalized spacial score (nSPS) is 15.7. The standard InChI is InChI=1S/C18H22N2O5/c1-4-5-8-20-16(22)13-7-6-12(9-14(13)17(20)23)15(21)19-11(3)10(2)18(24)25/h6-7,9-11H,4-5,8H2,1-3H3,(H,19,21)(H,24,25). The van der Waals surface area contributed by atoms with E-state index in [0.29, 0.717) is 12.1 Å². The molecule has 0 radical (unpaired) electrons. The van der Waals surface area contributed by atoms with Crippen LogP contribution in [0.3, 0.4) is 0 Å². The zero-order chi connectivity index (χ0) is 18.7. The number of hydrogen-bond acceptors (Lipinski definition) is 4. The van der Waals surface area contributed by atoms with Gasteiger partial charge in [-0.05, 0) is 38.5 Å². The van der Waals surface area contributed by atoms with Crippen molar-refractivity contribution in [1.82, 2.24) is 10.2 Å². The van der Waals surface area contributed by atoms with Gasteiger partial charge < -0.3 is 10.4 Å². The maximum atomic E-state index is 12.4. The van der Waals surface area contributed by atoms with Crippen LogP contribution in [0.4, 0.5) is 0 Å². The minimum absolute atomic E-state index is 0.215. The third-order valence-corrected chi connectivity index (χ3v) is 4.47. The fourth-order valence-electron chi connectivity index (χ4n) is 2.58. The van der Waals surface area contributed by atoms with Gasteiger partial charge in [0.15, 0.2) is 0 Å². The number of rotatable bonds is 7. The lowest BCUT2D eigenvalue weighted by Gasteiger charge is -2.17. The van der Waals surface area contributed by atoms with Crippen molar-refractivity contribution in [3.8, 4) is 0 Å². The summed E-state index contributed by atoms with van der Waals surface area (Å²) in [6.07, 6.45) is 1.59. The van der Waals surface area contributed by atoms with Crippen LogP contribution in [0, 0.1) is 5.92 Å². The highest BCUT2D eigenvalue weighted by atomic mass is 16.4. The number of nitrogens with zero attached hydrogens (tertiary/aromatic N) is 1. The Bertz CT molecular complexity index is 728. The first kappa shape index (κ1) is 18.6. The molecule has 1 aliphatic rings. The third-order valence-electron chi connectivity index (χ3n) is 4.47. The molecular formula is C18H22N2O5. The van der Waals surface area contributed by atoms with Gasteiger partial charge in [0.1, 0.15) is 0 Å². The molecule has 0 aromatic heterocycles. The van der Waals surface area contributed by atoms with Crippen LogP contribution in [0.15, 0.2) is 18.2 Å². The Morgan fingerprint density at radius 2 is 1.80 bits per heavy atom. The molecule has 7 heteroatoms. The maximum absolute atomic E-state index is 12.4. The molecule has 1 aromatic carbocycles. The summed E-state index contributed by atoms with van der Waals surface area (Å²) in [5.74, 6) is -2.96. The number of carboxylic acids is 1. The summed E-state index contributed by atoms with van der Waals surface area (Å²) in [6, 6.07) is 3.77. The van der Waals surface area contributed by atoms with Crippen molar-refractivity contribution >= 4 is 23.7 Å². The van der Waals surface area contributed by atoms with Gasteiger partial charge in [0.05, 0.1) is 17.0 Å². The molecule has 2 N–H and O–H groups in total. The molecular weight excluding hydrogens is 324 g/mol. The first-order chi connectivity index (χ1) is 11.8. The summed E-state index contributed by atoms with van der Waals surface area (Å²) in [5, 5.41) is 11.6. The van der Waals surface area contributed by atoms with Gasteiger partial charge in [0.25, 0.3) is 17.7 Å². The van der Waals surface area contributed by atoms with Crippen molar-refractivity contribution in [1.29, 1.82) is 0 Å². The summed E-state index contributed by atoms with van der Waals surface area (Å²) >= 11 is 0. The van der Waals surface area contributed by atoms with Crippen molar-refractivity contribution in [2.75, 3.05) is 6.54 Å². The highest BCUT2D eigenvalue weighted by Gasteiger charge is 2.35. The summed E-state index contributed by atoms with van der Waals surface area (Å²) in [7, 11) is 0. The molecule has 3 amide bonds. The number of carbonyl (C=O) groups is 4. The largest absolute Gasteiger partial charge is 0.481 e. The summed E-state index contributed by atoms with van der Waals surface area (Å²) in [5.41, 5.74) is 0.735. The predicted octanol–water partition coefficient (Wildman–Crippen LogP) is 1.92. The number of carbonyl (C=O) groups excluding carboxylic acids is 3. The van der Waals surface area contributed by atoms with E-state index in [1.807, 2.05) is 6.92 Å². The molecule has 0 aliphatic carbocycles. The number of fused-ring (bicyclic) bond motifs is 1. The molecule has 2 unspecified atom stereocenters. The van der Waals surface area contributed by atoms with Gasteiger partial charge >= 0.3 is 5.97 Å². The van der Waals surface area contributed by atoms with E-state index in [0.717, 1.165) is 12.8 Å². The lowest BCUT2D eigenvalue weighted by atomic mass is 10.0. The van der Waals surface area contributed by atoms with Crippen LogP contribution in [0.25, 0.3) is 0 Å². The smallest absolute Gasteiger partial charge is 0.308 e. The molecule has 0 fully saturated rings. The highest BCUT2D eigenvalue weighted by molar-refractivity contribution is 6.22. The van der Waals surface area contributed by atoms with E-state index < -0.39 is 29.7 Å². The van der Waals surface area contributed by atoms with Crippen molar-refractivity contribution in [2.24, 2.45) is 5.92 Å². The number of hydrogen-bond donors (Lipinski definition) is 2. The Hall–Kier alpha value is -2.70. The zero-order valence-corrected chi connectivity index (χ0v) is 14.5. The minimum Gasteiger partial charge on any atom is -0.481 e. The van der Waals surface area contributed by atoms with E-state index in [4.69, 9.17) is 5.11 Å². The van der Waals surface area contributed by atoms with Crippen LogP contribution in [0.1, 0.15) is 64.7 Å². The summed E-state index contributed by atoms with van der Waals surface area (Å²) < 4.78 is 0. The average molecular weight is 346 g/mol. The molecule has 25 heavy (non-hydrogen) atoms. The highest BCUT2D eigenvalue weighted by Crippen LogP contribution is 2.24. The summed E-state index contributed by atoms with van der Waals surface area (Å²) in [4.78, 5) is 49.2. The second-order valence-electron chi connectivity index (χ2n) is 6.26. The van der Waals surface area contributed by atoms with Gasteiger partial charge in [-0.3, -0.25) is 24.1 Å². The van der Waals surface area contributed by atoms with Crippen molar-refractivity contribution in [3.05, 3.63) is 34.9 Å². The minimum atomic E-state index is -1.01. The van der Waals surface area contributed by atoms with Gasteiger partial charge in [-0.2, -0.15) is 0 Å². The van der Waals surface area contributed by atoms with Crippen LogP contribution < -0.4 is 5.32 Å². The first-order valence-electron chi connectivity index (χ1n) is 8.31. The Morgan fingerprint density at radius 1 is 1.16 bits per heavy atom. The molecule has 134 valence electrons. The summed E-state index contributed by atoms with van der Waals surface area (Å²) in [6.45, 7) is 5.44. The molecule has 1 heterocycles. The van der Waals surface area contributed by atoms with Crippen LogP contribution in [0.2, 0.25) is 0 Å². The molecule has 0 spiro atoms. The van der Waals surface area contributed by atoms with E-state index in [1.165, 1.54) is 30.0 Å². The molecule has 1 aromatic rings. The Labute approximate surface area is 146 Å². The quantitative estimate of drug-likeness (QED) is 0.734. The first-order valence-corrected chi connectivity index (χ1v) is 8.31. The van der Waals surface area contributed by atoms with Gasteiger partial charge in [-0.25, -0.2) is 0 Å². The fraction of sp³-hybridized carbons (Fsp3) is 0.444. The van der Waals surface area contributed by atoms with Crippen molar-refractivity contribution in [2.45, 2.75) is 39.7 Å². The number of amides is 3. The van der Waals surface area contributed by atoms with Gasteiger partial charge in [-0.1, -0.05) is 13.3 Å². The molecule has 2 rings (SSSR count). The van der Waals surface area contributed by atoms with Crippen LogP contribution in [-0.2, 0) is 4.79 Å². The maximum Gasteiger partial charge on any atom is 0.308 e. The predicted molar refractivity (Wildman–Crippen MR) is 90.4 cm³/mol. The number of benzene rings is 1. The van der Waals surface area contributed by atoms with Gasteiger partial charge in [0.2, 0.25) is 0 Å². The molecule has 0 saturated heterocycles. The number of nitrogens with one attached hydrogen (secondary N) is 1. The van der Waals surface area contributed by atoms with E-state index in [-0.39, 0.29) is 17.0 Å². The Balaban J connectivity index is 2.18. The van der Waals surface area contributed by atoms with Crippen LogP contribution in [0.5, 0.6) is 0 Å². The van der Waals surface area contributed by atoms with E-state index >= 15 is 0 Å². The molecule has 0 saturated carbocycles. The second-order valence-corrected chi connectivity index (χ2v) is 6.26. The number of carboxylic acid groups (broad SMARTS) is 1. The average Bonchev–Trinajstić information content (AvgIpc) is 2.82. The van der Waals surface area contributed by atoms with Gasteiger partial charge in [0, 0.05) is 18.2 Å². The Kier molecular flexibility index (Phi) is 5.56. The lowest BCUT2D eigenvalue weighted by molar-refractivity contribution is -0.141. The molecule has 7 nitrogen and oxygen atoms in total. The van der Waals surface area contributed by atoms with E-state index in [2.05, 4.69) is 5.32 Å². The monoisotopic (exact) mass is 346 g/mol. The van der Waals surface area contributed by atoms with Crippen molar-refractivity contribution < 1.29 is 24.3 Å². The van der Waals surface area contributed by atoms with Crippen LogP contribution in [-0.4, -0.2) is 46.3 Å². The molecule has 2 atom stereocenters. The van der Waals surface area contributed by atoms with Crippen molar-refractivity contribution in [3.63, 3.8) is 0 Å². The van der Waals surface area contributed by atoms with E-state index in [1.54, 1.807) is 6.92 Å².